The first-order chi connectivity index (χ1) is 1.41. The fourth-order valence-electron chi connectivity index (χ4n) is 0. The molecule has 28 valence electrons. The zero-order valence-electron chi connectivity index (χ0n) is 2.55. The van der Waals surface area contributed by atoms with Crippen molar-refractivity contribution in [3.63, 3.8) is 0 Å². The van der Waals surface area contributed by atoms with Gasteiger partial charge in [0.2, 0.25) is 0 Å². The van der Waals surface area contributed by atoms with Gasteiger partial charge in [-0.05, 0) is 0 Å². The van der Waals surface area contributed by atoms with Crippen molar-refractivity contribution >= 4 is 0 Å². The van der Waals surface area contributed by atoms with Crippen molar-refractivity contribution in [3.05, 3.63) is 16.3 Å². The van der Waals surface area contributed by atoms with Crippen LogP contribution in [-0.2, 0) is 19.5 Å². The maximum Gasteiger partial charge on any atom is 0 e. The average molecular weight is 127 g/mol. The minimum Gasteiger partial charge on any atom is -0.693 e. The van der Waals surface area contributed by atoms with Crippen molar-refractivity contribution in [2.24, 2.45) is 5.34 Å². The molecule has 0 aromatic heterocycles. The topological polar surface area (TPSA) is 86.0 Å². The minimum absolute atomic E-state index is 0. The van der Waals surface area contributed by atoms with E-state index in [1.807, 2.05) is 0 Å². The Morgan fingerprint density at radius 1 is 1.60 bits per heavy atom. The van der Waals surface area contributed by atoms with Crippen molar-refractivity contribution in [2.75, 3.05) is 0 Å². The average Bonchev–Trinajstić information content (AvgIpc) is 0.918. The summed E-state index contributed by atoms with van der Waals surface area (Å²) in [6.45, 7) is 0. The molecule has 0 aliphatic rings. The molecule has 5 heavy (non-hydrogen) atoms. The van der Waals surface area contributed by atoms with Crippen LogP contribution in [0.25, 0.3) is 6.15 Å². The van der Waals surface area contributed by atoms with Crippen LogP contribution in [0.4, 0.5) is 0 Å². The predicted molar refractivity (Wildman–Crippen MR) is 14.4 cm³/mol. The molecule has 2 N–H and O–H groups in total. The molecule has 0 aromatic rings. The van der Waals surface area contributed by atoms with Crippen LogP contribution >= 0.6 is 0 Å². The Bertz CT molecular complexity index is 15.1. The molecule has 0 aliphatic carbocycles. The van der Waals surface area contributed by atoms with Crippen LogP contribution in [0.1, 0.15) is 0 Å². The minimum atomic E-state index is 0. The van der Waals surface area contributed by atoms with Gasteiger partial charge in [0.15, 0.2) is 0 Å². The number of nitrogens with zero attached hydrogens (tertiary/aromatic N) is 1. The largest absolute Gasteiger partial charge is 0.693 e. The summed E-state index contributed by atoms with van der Waals surface area (Å²) in [5, 5.41) is 9.00. The second kappa shape index (κ2) is 36.7. The van der Waals surface area contributed by atoms with Gasteiger partial charge in [0, 0.05) is 19.5 Å². The predicted octanol–water partition coefficient (Wildman–Crippen LogP) is 0.965. The van der Waals surface area contributed by atoms with Gasteiger partial charge in [0.1, 0.15) is 0 Å². The van der Waals surface area contributed by atoms with Gasteiger partial charge in [-0.2, -0.15) is 0 Å². The number of hydrogen-bond acceptors (Lipinski definition) is 3. The molecule has 0 saturated carbocycles. The number of nitrogens with two attached hydrogens (primary N) is 1. The molecule has 0 amide bonds. The summed E-state index contributed by atoms with van der Waals surface area (Å²) in [5.74, 6) is 0. The van der Waals surface area contributed by atoms with Gasteiger partial charge in [-0.1, -0.05) is 0 Å². The molecular weight excluding hydrogens is 125 g/mol. The monoisotopic (exact) mass is 126 g/mol. The molecule has 0 radical (unpaired) electrons. The van der Waals surface area contributed by atoms with Crippen molar-refractivity contribution in [3.8, 4) is 0 Å². The quantitative estimate of drug-likeness (QED) is 0.276. The summed E-state index contributed by atoms with van der Waals surface area (Å²) in [4.78, 5) is 8.00. The first-order valence-corrected chi connectivity index (χ1v) is 0.365. The van der Waals surface area contributed by atoms with Crippen molar-refractivity contribution < 1.29 is 19.5 Å². The molecule has 0 saturated heterocycles. The summed E-state index contributed by atoms with van der Waals surface area (Å²) >= 11 is 0. The third kappa shape index (κ3) is 56700. The summed E-state index contributed by atoms with van der Waals surface area (Å²) in [6, 6.07) is 0. The molecule has 0 atom stereocenters. The molecule has 5 heteroatoms. The summed E-state index contributed by atoms with van der Waals surface area (Å²) in [5.41, 5.74) is 0. The Morgan fingerprint density at radius 3 is 1.60 bits per heavy atom. The van der Waals surface area contributed by atoms with Gasteiger partial charge in [0.25, 0.3) is 0 Å². The van der Waals surface area contributed by atoms with E-state index in [0.29, 0.717) is 0 Å². The van der Waals surface area contributed by atoms with Crippen LogP contribution in [-0.4, -0.2) is 0 Å². The Hall–Kier alpha value is -0.0166. The van der Waals surface area contributed by atoms with Crippen LogP contribution in [0, 0.1) is 10.1 Å². The van der Waals surface area contributed by atoms with E-state index < -0.39 is 0 Å². The molecular formula is H2N2O2Zn-2. The van der Waals surface area contributed by atoms with E-state index in [1.54, 1.807) is 0 Å². The zero-order valence-corrected chi connectivity index (χ0v) is 5.52. The van der Waals surface area contributed by atoms with Crippen molar-refractivity contribution in [1.29, 1.82) is 0 Å². The SMILES string of the molecule is O=N[O-].[NH2-].[Zn]. The van der Waals surface area contributed by atoms with Gasteiger partial charge >= 0.3 is 0 Å². The number of hydrogen-bond donors (Lipinski definition) is 0. The molecule has 0 fully saturated rings. The molecule has 0 heterocycles. The Labute approximate surface area is 41.8 Å². The standard InChI is InChI=1S/HNO2.H2N.Zn/c2-1-3;;/h(H,2,3);1H2;/q;-1;/p-1. The van der Waals surface area contributed by atoms with E-state index in [0.717, 1.165) is 5.34 Å². The van der Waals surface area contributed by atoms with E-state index in [4.69, 9.17) is 10.1 Å². The molecule has 0 unspecified atom stereocenters. The van der Waals surface area contributed by atoms with Crippen LogP contribution in [0.3, 0.4) is 0 Å². The second-order valence-corrected chi connectivity index (χ2v) is 0.0745. The maximum absolute atomic E-state index is 8.00. The fourth-order valence-corrected chi connectivity index (χ4v) is 0. The summed E-state index contributed by atoms with van der Waals surface area (Å²) in [7, 11) is 0. The Morgan fingerprint density at radius 2 is 1.60 bits per heavy atom. The molecule has 0 spiro atoms. The Balaban J connectivity index is -0.0000000200. The molecule has 0 rings (SSSR count). The van der Waals surface area contributed by atoms with Crippen LogP contribution in [0.2, 0.25) is 0 Å². The van der Waals surface area contributed by atoms with E-state index in [-0.39, 0.29) is 25.6 Å². The molecule has 0 aliphatic heterocycles. The van der Waals surface area contributed by atoms with Gasteiger partial charge in [0.05, 0.1) is 0 Å². The van der Waals surface area contributed by atoms with E-state index in [1.165, 1.54) is 0 Å². The second-order valence-electron chi connectivity index (χ2n) is 0.0745. The van der Waals surface area contributed by atoms with Crippen LogP contribution in [0.5, 0.6) is 0 Å². The van der Waals surface area contributed by atoms with Gasteiger partial charge in [-0.25, -0.2) is 0 Å². The van der Waals surface area contributed by atoms with Gasteiger partial charge < -0.3 is 16.3 Å². The first-order valence-electron chi connectivity index (χ1n) is 0.365. The Kier molecular flexibility index (Phi) is 147. The van der Waals surface area contributed by atoms with E-state index in [9.17, 15) is 0 Å². The smallest absolute Gasteiger partial charge is 0 e. The van der Waals surface area contributed by atoms with Crippen LogP contribution < -0.4 is 0 Å². The third-order valence-electron chi connectivity index (χ3n) is 0. The third-order valence-corrected chi connectivity index (χ3v) is 0. The summed E-state index contributed by atoms with van der Waals surface area (Å²) in [6.07, 6.45) is 0. The van der Waals surface area contributed by atoms with E-state index >= 15 is 0 Å². The van der Waals surface area contributed by atoms with Crippen molar-refractivity contribution in [1.82, 2.24) is 0 Å². The first kappa shape index (κ1) is 20.1. The normalized spacial score (nSPS) is 2.40. The molecule has 4 nitrogen and oxygen atoms in total. The van der Waals surface area contributed by atoms with Crippen LogP contribution in [0.15, 0.2) is 5.34 Å². The van der Waals surface area contributed by atoms with Gasteiger partial charge in [-0.3, -0.25) is 0 Å². The zero-order chi connectivity index (χ0) is 2.71. The number of rotatable bonds is 0. The fraction of sp³-hybridized carbons (Fsp3) is 0. The van der Waals surface area contributed by atoms with E-state index in [2.05, 4.69) is 0 Å². The molecule has 0 aromatic carbocycles. The van der Waals surface area contributed by atoms with Gasteiger partial charge in [-0.15, -0.1) is 5.34 Å². The molecule has 0 bridgehead atoms. The summed E-state index contributed by atoms with van der Waals surface area (Å²) < 4.78 is 0. The maximum atomic E-state index is 8.00. The van der Waals surface area contributed by atoms with Crippen molar-refractivity contribution in [2.45, 2.75) is 0 Å².